The van der Waals surface area contributed by atoms with Gasteiger partial charge in [0.25, 0.3) is 5.91 Å². The topological polar surface area (TPSA) is 100 Å². The summed E-state index contributed by atoms with van der Waals surface area (Å²) in [5, 5.41) is 15.6. The normalized spacial score (nSPS) is 14.2. The minimum atomic E-state index is -0.0304. The maximum Gasteiger partial charge on any atom is 0.259 e. The number of carbonyl (C=O) groups is 1. The highest BCUT2D eigenvalue weighted by atomic mass is 16.5. The number of piperazine rings is 1. The molecule has 1 amide bonds. The summed E-state index contributed by atoms with van der Waals surface area (Å²) in [4.78, 5) is 21.0. The van der Waals surface area contributed by atoms with Gasteiger partial charge in [0.05, 0.1) is 5.69 Å². The van der Waals surface area contributed by atoms with Crippen LogP contribution < -0.4 is 10.2 Å². The third-order valence-corrected chi connectivity index (χ3v) is 4.96. The smallest absolute Gasteiger partial charge is 0.259 e. The summed E-state index contributed by atoms with van der Waals surface area (Å²) in [5.74, 6) is 2.69. The Bertz CT molecular complexity index is 988. The Balaban J connectivity index is 1.37. The van der Waals surface area contributed by atoms with Crippen LogP contribution in [0.4, 0.5) is 17.5 Å². The zero-order valence-electron chi connectivity index (χ0n) is 16.7. The number of nitrogens with zero attached hydrogens (tertiary/aromatic N) is 6. The summed E-state index contributed by atoms with van der Waals surface area (Å²) in [6, 6.07) is 7.70. The molecule has 29 heavy (non-hydrogen) atoms. The van der Waals surface area contributed by atoms with E-state index in [0.717, 1.165) is 17.2 Å². The molecule has 1 aliphatic heterocycles. The Morgan fingerprint density at radius 2 is 1.83 bits per heavy atom. The van der Waals surface area contributed by atoms with E-state index in [9.17, 15) is 4.79 Å². The Hall–Kier alpha value is -3.49. The van der Waals surface area contributed by atoms with E-state index in [1.165, 1.54) is 0 Å². The first-order chi connectivity index (χ1) is 14.0. The van der Waals surface area contributed by atoms with Crippen molar-refractivity contribution in [1.29, 1.82) is 0 Å². The number of anilines is 3. The largest absolute Gasteiger partial charge is 0.361 e. The molecule has 0 spiro atoms. The van der Waals surface area contributed by atoms with Crippen LogP contribution in [0.15, 0.2) is 35.0 Å². The molecule has 0 aliphatic carbocycles. The van der Waals surface area contributed by atoms with Crippen LogP contribution in [0.3, 0.4) is 0 Å². The lowest BCUT2D eigenvalue weighted by Crippen LogP contribution is -2.49. The summed E-state index contributed by atoms with van der Waals surface area (Å²) < 4.78 is 5.12. The Morgan fingerprint density at radius 3 is 2.45 bits per heavy atom. The highest BCUT2D eigenvalue weighted by Crippen LogP contribution is 2.19. The molecule has 0 unspecified atom stereocenters. The molecule has 150 valence electrons. The number of amides is 1. The molecule has 1 N–H and O–H groups in total. The van der Waals surface area contributed by atoms with E-state index in [2.05, 4.69) is 30.6 Å². The van der Waals surface area contributed by atoms with Crippen molar-refractivity contribution in [3.8, 4) is 0 Å². The molecule has 4 heterocycles. The van der Waals surface area contributed by atoms with Gasteiger partial charge in [-0.15, -0.1) is 10.2 Å². The van der Waals surface area contributed by atoms with Gasteiger partial charge in [-0.1, -0.05) is 5.16 Å². The monoisotopic (exact) mass is 393 g/mol. The van der Waals surface area contributed by atoms with Gasteiger partial charge in [-0.3, -0.25) is 4.79 Å². The molecular weight excluding hydrogens is 370 g/mol. The van der Waals surface area contributed by atoms with Gasteiger partial charge < -0.3 is 19.6 Å². The first kappa shape index (κ1) is 18.9. The van der Waals surface area contributed by atoms with Crippen molar-refractivity contribution in [2.45, 2.75) is 20.8 Å². The molecule has 4 rings (SSSR count). The first-order valence-corrected chi connectivity index (χ1v) is 9.52. The summed E-state index contributed by atoms with van der Waals surface area (Å²) in [5.41, 5.74) is 2.32. The van der Waals surface area contributed by atoms with Crippen LogP contribution >= 0.6 is 0 Å². The fraction of sp³-hybridized carbons (Fsp3) is 0.350. The van der Waals surface area contributed by atoms with Crippen LogP contribution in [-0.2, 0) is 0 Å². The number of hydrogen-bond acceptors (Lipinski definition) is 8. The van der Waals surface area contributed by atoms with Crippen molar-refractivity contribution in [3.63, 3.8) is 0 Å². The van der Waals surface area contributed by atoms with E-state index >= 15 is 0 Å². The molecule has 0 aromatic carbocycles. The maximum absolute atomic E-state index is 12.8. The Kier molecular flexibility index (Phi) is 5.11. The number of carbonyl (C=O) groups excluding carboxylic acids is 1. The fourth-order valence-corrected chi connectivity index (χ4v) is 3.38. The van der Waals surface area contributed by atoms with Crippen LogP contribution in [0.1, 0.15) is 27.4 Å². The van der Waals surface area contributed by atoms with E-state index in [1.807, 2.05) is 36.1 Å². The Morgan fingerprint density at radius 1 is 1.03 bits per heavy atom. The lowest BCUT2D eigenvalue weighted by atomic mass is 10.1. The standard InChI is InChI=1S/C20H23N7O2/c1-13-6-7-21-17(12-13)22-16-4-5-18(24-23-16)26-8-10-27(11-9-26)20(28)19-14(2)25-29-15(19)3/h4-7,12H,8-11H2,1-3H3,(H,21,22,23). The van der Waals surface area contributed by atoms with E-state index in [0.29, 0.717) is 49.0 Å². The van der Waals surface area contributed by atoms with Gasteiger partial charge in [-0.25, -0.2) is 4.98 Å². The average molecular weight is 393 g/mol. The molecule has 9 nitrogen and oxygen atoms in total. The lowest BCUT2D eigenvalue weighted by molar-refractivity contribution is 0.0744. The van der Waals surface area contributed by atoms with Gasteiger partial charge in [0.1, 0.15) is 17.1 Å². The SMILES string of the molecule is Cc1ccnc(Nc2ccc(N3CCN(C(=O)c4c(C)noc4C)CC3)nn2)c1. The second-order valence-electron chi connectivity index (χ2n) is 7.10. The molecule has 3 aromatic heterocycles. The Labute approximate surface area is 168 Å². The molecule has 0 saturated carbocycles. The van der Waals surface area contributed by atoms with Gasteiger partial charge >= 0.3 is 0 Å². The van der Waals surface area contributed by atoms with Gasteiger partial charge in [-0.2, -0.15) is 0 Å². The second-order valence-corrected chi connectivity index (χ2v) is 7.10. The molecule has 1 fully saturated rings. The van der Waals surface area contributed by atoms with E-state index in [-0.39, 0.29) is 5.91 Å². The molecular formula is C20H23N7O2. The molecule has 9 heteroatoms. The summed E-state index contributed by atoms with van der Waals surface area (Å²) in [6.45, 7) is 8.16. The minimum Gasteiger partial charge on any atom is -0.361 e. The summed E-state index contributed by atoms with van der Waals surface area (Å²) >= 11 is 0. The number of aromatic nitrogens is 4. The predicted octanol–water partition coefficient (Wildman–Crippen LogP) is 2.49. The quantitative estimate of drug-likeness (QED) is 0.722. The second kappa shape index (κ2) is 7.86. The van der Waals surface area contributed by atoms with Gasteiger partial charge in [-0.05, 0) is 50.6 Å². The molecule has 1 saturated heterocycles. The van der Waals surface area contributed by atoms with Crippen molar-refractivity contribution in [2.24, 2.45) is 0 Å². The van der Waals surface area contributed by atoms with Crippen LogP contribution in [0.25, 0.3) is 0 Å². The third kappa shape index (κ3) is 4.03. The van der Waals surface area contributed by atoms with Crippen molar-refractivity contribution in [2.75, 3.05) is 36.4 Å². The van der Waals surface area contributed by atoms with E-state index in [4.69, 9.17) is 4.52 Å². The van der Waals surface area contributed by atoms with Crippen molar-refractivity contribution in [1.82, 2.24) is 25.2 Å². The molecule has 1 aliphatic rings. The lowest BCUT2D eigenvalue weighted by Gasteiger charge is -2.35. The van der Waals surface area contributed by atoms with Gasteiger partial charge in [0, 0.05) is 32.4 Å². The first-order valence-electron chi connectivity index (χ1n) is 9.52. The molecule has 0 atom stereocenters. The van der Waals surface area contributed by atoms with Crippen molar-refractivity contribution >= 4 is 23.4 Å². The zero-order valence-corrected chi connectivity index (χ0v) is 16.7. The van der Waals surface area contributed by atoms with Crippen LogP contribution in [0.2, 0.25) is 0 Å². The zero-order chi connectivity index (χ0) is 20.4. The number of rotatable bonds is 4. The molecule has 0 bridgehead atoms. The van der Waals surface area contributed by atoms with Crippen LogP contribution in [0.5, 0.6) is 0 Å². The highest BCUT2D eigenvalue weighted by molar-refractivity contribution is 5.96. The van der Waals surface area contributed by atoms with Crippen molar-refractivity contribution in [3.05, 3.63) is 53.0 Å². The minimum absolute atomic E-state index is 0.0304. The third-order valence-electron chi connectivity index (χ3n) is 4.96. The predicted molar refractivity (Wildman–Crippen MR) is 108 cm³/mol. The average Bonchev–Trinajstić information content (AvgIpc) is 3.06. The number of pyridine rings is 1. The highest BCUT2D eigenvalue weighted by Gasteiger charge is 2.27. The summed E-state index contributed by atoms with van der Waals surface area (Å²) in [7, 11) is 0. The molecule has 3 aromatic rings. The van der Waals surface area contributed by atoms with Crippen LogP contribution in [-0.4, -0.2) is 57.3 Å². The maximum atomic E-state index is 12.8. The number of aryl methyl sites for hydroxylation is 3. The van der Waals surface area contributed by atoms with Gasteiger partial charge in [0.2, 0.25) is 0 Å². The molecule has 0 radical (unpaired) electrons. The van der Waals surface area contributed by atoms with Crippen molar-refractivity contribution < 1.29 is 9.32 Å². The number of nitrogens with one attached hydrogen (secondary N) is 1. The number of hydrogen-bond donors (Lipinski definition) is 1. The fourth-order valence-electron chi connectivity index (χ4n) is 3.38. The van der Waals surface area contributed by atoms with E-state index in [1.54, 1.807) is 20.0 Å². The summed E-state index contributed by atoms with van der Waals surface area (Å²) in [6.07, 6.45) is 1.75. The van der Waals surface area contributed by atoms with E-state index < -0.39 is 0 Å². The van der Waals surface area contributed by atoms with Gasteiger partial charge in [0.15, 0.2) is 11.6 Å². The van der Waals surface area contributed by atoms with Crippen LogP contribution in [0, 0.1) is 20.8 Å².